The molecule has 0 fully saturated rings. The molecule has 1 aromatic rings. The van der Waals surface area contributed by atoms with Crippen LogP contribution in [0.4, 0.5) is 0 Å². The summed E-state index contributed by atoms with van der Waals surface area (Å²) in [4.78, 5) is 22.6. The third-order valence-electron chi connectivity index (χ3n) is 2.75. The molecule has 1 aromatic heterocycles. The van der Waals surface area contributed by atoms with Gasteiger partial charge in [0.15, 0.2) is 0 Å². The molecule has 0 bridgehead atoms. The number of rotatable bonds is 7. The summed E-state index contributed by atoms with van der Waals surface area (Å²) in [6.07, 6.45) is 1.62. The molecule has 1 rings (SSSR count). The van der Waals surface area contributed by atoms with Gasteiger partial charge in [-0.1, -0.05) is 18.5 Å². The van der Waals surface area contributed by atoms with Crippen LogP contribution in [0.5, 0.6) is 0 Å². The van der Waals surface area contributed by atoms with Crippen molar-refractivity contribution in [3.63, 3.8) is 0 Å². The Morgan fingerprint density at radius 3 is 2.68 bits per heavy atom. The Kier molecular flexibility index (Phi) is 5.82. The number of nitrogens with one attached hydrogen (secondary N) is 1. The van der Waals surface area contributed by atoms with E-state index in [1.54, 1.807) is 6.92 Å². The molecule has 0 aliphatic heterocycles. The molecule has 1 atom stereocenters. The van der Waals surface area contributed by atoms with Crippen molar-refractivity contribution in [2.75, 3.05) is 0 Å². The van der Waals surface area contributed by atoms with E-state index in [9.17, 15) is 9.59 Å². The quantitative estimate of drug-likeness (QED) is 0.800. The molecule has 0 aliphatic rings. The number of carbonyl (C=O) groups excluding carboxylic acids is 1. The summed E-state index contributed by atoms with van der Waals surface area (Å²) in [5.41, 5.74) is 1.32. The number of aromatic nitrogens is 1. The first-order valence-electron chi connectivity index (χ1n) is 6.08. The Morgan fingerprint density at radius 2 is 2.21 bits per heavy atom. The fourth-order valence-corrected chi connectivity index (χ4v) is 1.96. The lowest BCUT2D eigenvalue weighted by Gasteiger charge is -2.13. The third-order valence-corrected chi connectivity index (χ3v) is 3.05. The van der Waals surface area contributed by atoms with E-state index in [0.29, 0.717) is 30.5 Å². The molecule has 0 aliphatic carbocycles. The highest BCUT2D eigenvalue weighted by atomic mass is 35.5. The monoisotopic (exact) mass is 288 g/mol. The van der Waals surface area contributed by atoms with Gasteiger partial charge < -0.3 is 14.9 Å². The van der Waals surface area contributed by atoms with E-state index in [1.807, 2.05) is 6.92 Å². The topological polar surface area (TPSA) is 92.4 Å². The van der Waals surface area contributed by atoms with Crippen molar-refractivity contribution >= 4 is 23.5 Å². The molecule has 1 heterocycles. The number of amides is 1. The molecule has 0 saturated heterocycles. The van der Waals surface area contributed by atoms with Crippen molar-refractivity contribution in [3.8, 4) is 0 Å². The summed E-state index contributed by atoms with van der Waals surface area (Å²) in [5.74, 6) is -1.34. The van der Waals surface area contributed by atoms with Gasteiger partial charge in [0, 0.05) is 12.0 Å². The van der Waals surface area contributed by atoms with E-state index in [4.69, 9.17) is 21.2 Å². The van der Waals surface area contributed by atoms with Crippen LogP contribution in [0.2, 0.25) is 5.22 Å². The first kappa shape index (κ1) is 15.5. The van der Waals surface area contributed by atoms with Gasteiger partial charge in [0.25, 0.3) is 0 Å². The second kappa shape index (κ2) is 7.13. The van der Waals surface area contributed by atoms with Crippen molar-refractivity contribution < 1.29 is 19.2 Å². The minimum absolute atomic E-state index is 0.148. The van der Waals surface area contributed by atoms with Crippen molar-refractivity contribution in [1.82, 2.24) is 10.5 Å². The van der Waals surface area contributed by atoms with Crippen LogP contribution in [0, 0.1) is 6.92 Å². The summed E-state index contributed by atoms with van der Waals surface area (Å²) in [6.45, 7) is 3.60. The van der Waals surface area contributed by atoms with E-state index >= 15 is 0 Å². The van der Waals surface area contributed by atoms with Crippen LogP contribution in [0.3, 0.4) is 0 Å². The van der Waals surface area contributed by atoms with Gasteiger partial charge in [-0.05, 0) is 31.4 Å². The molecule has 106 valence electrons. The Balaban J connectivity index is 2.49. The van der Waals surface area contributed by atoms with E-state index in [0.717, 1.165) is 0 Å². The zero-order chi connectivity index (χ0) is 14.4. The van der Waals surface area contributed by atoms with Crippen LogP contribution in [-0.2, 0) is 16.0 Å². The van der Waals surface area contributed by atoms with Crippen LogP contribution >= 0.6 is 11.6 Å². The van der Waals surface area contributed by atoms with Gasteiger partial charge in [-0.25, -0.2) is 4.79 Å². The molecule has 2 N–H and O–H groups in total. The zero-order valence-electron chi connectivity index (χ0n) is 10.9. The normalized spacial score (nSPS) is 12.2. The van der Waals surface area contributed by atoms with E-state index < -0.39 is 12.0 Å². The number of halogens is 1. The molecule has 0 saturated carbocycles. The molecule has 1 unspecified atom stereocenters. The largest absolute Gasteiger partial charge is 0.480 e. The highest BCUT2D eigenvalue weighted by Gasteiger charge is 2.19. The maximum absolute atomic E-state index is 11.7. The van der Waals surface area contributed by atoms with Crippen LogP contribution < -0.4 is 5.32 Å². The lowest BCUT2D eigenvalue weighted by atomic mass is 10.1. The molecule has 0 aromatic carbocycles. The number of hydrogen-bond donors (Lipinski definition) is 2. The third kappa shape index (κ3) is 4.55. The van der Waals surface area contributed by atoms with Crippen LogP contribution in [0.25, 0.3) is 0 Å². The number of aliphatic carboxylic acids is 1. The zero-order valence-corrected chi connectivity index (χ0v) is 11.7. The SMILES string of the molecule is CCCC(NC(=O)CCc1c(C)noc1Cl)C(=O)O. The summed E-state index contributed by atoms with van der Waals surface area (Å²) in [6, 6.07) is -0.837. The number of aryl methyl sites for hydroxylation is 1. The van der Waals surface area contributed by atoms with Crippen molar-refractivity contribution in [1.29, 1.82) is 0 Å². The highest BCUT2D eigenvalue weighted by molar-refractivity contribution is 6.29. The number of hydrogen-bond acceptors (Lipinski definition) is 4. The smallest absolute Gasteiger partial charge is 0.326 e. The van der Waals surface area contributed by atoms with Gasteiger partial charge in [-0.15, -0.1) is 0 Å². The summed E-state index contributed by atoms with van der Waals surface area (Å²) >= 11 is 5.78. The Bertz CT molecular complexity index is 439. The Hall–Kier alpha value is -1.56. The predicted octanol–water partition coefficient (Wildman–Crippen LogP) is 1.94. The van der Waals surface area contributed by atoms with Crippen LogP contribution in [0.15, 0.2) is 4.52 Å². The number of carboxylic acid groups (broad SMARTS) is 1. The highest BCUT2D eigenvalue weighted by Crippen LogP contribution is 2.20. The predicted molar refractivity (Wildman–Crippen MR) is 69.0 cm³/mol. The van der Waals surface area contributed by atoms with Gasteiger partial charge in [0.2, 0.25) is 11.1 Å². The van der Waals surface area contributed by atoms with E-state index in [-0.39, 0.29) is 17.5 Å². The molecule has 19 heavy (non-hydrogen) atoms. The maximum atomic E-state index is 11.7. The molecule has 6 nitrogen and oxygen atoms in total. The lowest BCUT2D eigenvalue weighted by molar-refractivity contribution is -0.142. The van der Waals surface area contributed by atoms with Gasteiger partial charge in [-0.2, -0.15) is 0 Å². The van der Waals surface area contributed by atoms with Gasteiger partial charge in [0.1, 0.15) is 6.04 Å². The average molecular weight is 289 g/mol. The minimum atomic E-state index is -1.02. The second-order valence-electron chi connectivity index (χ2n) is 4.27. The molecule has 0 radical (unpaired) electrons. The van der Waals surface area contributed by atoms with Crippen LogP contribution in [0.1, 0.15) is 37.4 Å². The fraction of sp³-hybridized carbons (Fsp3) is 0.583. The number of carboxylic acids is 1. The minimum Gasteiger partial charge on any atom is -0.480 e. The first-order chi connectivity index (χ1) is 8.95. The number of nitrogens with zero attached hydrogens (tertiary/aromatic N) is 1. The van der Waals surface area contributed by atoms with Gasteiger partial charge in [0.05, 0.1) is 5.69 Å². The summed E-state index contributed by atoms with van der Waals surface area (Å²) in [7, 11) is 0. The van der Waals surface area contributed by atoms with Gasteiger partial charge >= 0.3 is 5.97 Å². The molecular formula is C12H17ClN2O4. The van der Waals surface area contributed by atoms with E-state index in [2.05, 4.69) is 10.5 Å². The summed E-state index contributed by atoms with van der Waals surface area (Å²) in [5, 5.41) is 15.3. The second-order valence-corrected chi connectivity index (χ2v) is 4.61. The maximum Gasteiger partial charge on any atom is 0.326 e. The Morgan fingerprint density at radius 1 is 1.53 bits per heavy atom. The molecular weight excluding hydrogens is 272 g/mol. The fourth-order valence-electron chi connectivity index (χ4n) is 1.69. The molecule has 0 spiro atoms. The average Bonchev–Trinajstić information content (AvgIpc) is 2.66. The Labute approximate surface area is 116 Å². The number of carbonyl (C=O) groups is 2. The molecule has 7 heteroatoms. The van der Waals surface area contributed by atoms with Crippen molar-refractivity contribution in [2.45, 2.75) is 45.6 Å². The van der Waals surface area contributed by atoms with Crippen molar-refractivity contribution in [2.24, 2.45) is 0 Å². The standard InChI is InChI=1S/C12H17ClN2O4/c1-3-4-9(12(17)18)14-10(16)6-5-8-7(2)15-19-11(8)13/h9H,3-6H2,1-2H3,(H,14,16)(H,17,18). The molecule has 1 amide bonds. The summed E-state index contributed by atoms with van der Waals surface area (Å²) < 4.78 is 4.78. The van der Waals surface area contributed by atoms with Crippen LogP contribution in [-0.4, -0.2) is 28.2 Å². The van der Waals surface area contributed by atoms with Crippen molar-refractivity contribution in [3.05, 3.63) is 16.5 Å². The van der Waals surface area contributed by atoms with E-state index in [1.165, 1.54) is 0 Å². The first-order valence-corrected chi connectivity index (χ1v) is 6.46. The van der Waals surface area contributed by atoms with Gasteiger partial charge in [-0.3, -0.25) is 4.79 Å². The lowest BCUT2D eigenvalue weighted by Crippen LogP contribution is -2.40.